The molecule has 0 aliphatic carbocycles. The molecule has 1 N–H and O–H groups in total. The summed E-state index contributed by atoms with van der Waals surface area (Å²) in [7, 11) is 0. The van der Waals surface area contributed by atoms with Crippen molar-refractivity contribution in [3.63, 3.8) is 0 Å². The maximum Gasteiger partial charge on any atom is 0.246 e. The Kier molecular flexibility index (Phi) is 4.98. The molecule has 1 saturated heterocycles. The Bertz CT molecular complexity index is 530. The van der Waals surface area contributed by atoms with Gasteiger partial charge in [-0.15, -0.1) is 0 Å². The van der Waals surface area contributed by atoms with Crippen LogP contribution in [-0.4, -0.2) is 33.8 Å². The fourth-order valence-electron chi connectivity index (χ4n) is 2.59. The lowest BCUT2D eigenvalue weighted by molar-refractivity contribution is -0.152. The van der Waals surface area contributed by atoms with E-state index in [1.165, 1.54) is 0 Å². The first kappa shape index (κ1) is 15.9. The van der Waals surface area contributed by atoms with E-state index < -0.39 is 12.1 Å². The summed E-state index contributed by atoms with van der Waals surface area (Å²) >= 11 is 3.34. The van der Waals surface area contributed by atoms with Crippen LogP contribution in [-0.2, 0) is 16.1 Å². The smallest absolute Gasteiger partial charge is 0.246 e. The van der Waals surface area contributed by atoms with Gasteiger partial charge in [-0.3, -0.25) is 14.6 Å². The highest BCUT2D eigenvalue weighted by molar-refractivity contribution is 9.10. The van der Waals surface area contributed by atoms with Gasteiger partial charge in [0.25, 0.3) is 0 Å². The van der Waals surface area contributed by atoms with Crippen molar-refractivity contribution in [3.8, 4) is 0 Å². The molecule has 0 radical (unpaired) electrons. The van der Waals surface area contributed by atoms with Gasteiger partial charge in [0.1, 0.15) is 12.1 Å². The minimum atomic E-state index is -0.439. The number of carbonyl (C=O) groups excluding carboxylic acids is 2. The average molecular weight is 354 g/mol. The highest BCUT2D eigenvalue weighted by atomic mass is 79.9. The molecule has 5 nitrogen and oxygen atoms in total. The Morgan fingerprint density at radius 3 is 2.62 bits per heavy atom. The molecule has 2 rings (SSSR count). The second-order valence-electron chi connectivity index (χ2n) is 5.59. The van der Waals surface area contributed by atoms with Crippen molar-refractivity contribution >= 4 is 27.7 Å². The molecule has 0 spiro atoms. The Balaban J connectivity index is 2.27. The van der Waals surface area contributed by atoms with Gasteiger partial charge in [-0.05, 0) is 40.4 Å². The molecule has 0 aromatic carbocycles. The van der Waals surface area contributed by atoms with Gasteiger partial charge in [0.2, 0.25) is 11.8 Å². The van der Waals surface area contributed by atoms with Crippen LogP contribution in [0.1, 0.15) is 32.9 Å². The predicted molar refractivity (Wildman–Crippen MR) is 83.3 cm³/mol. The molecule has 0 saturated carbocycles. The maximum atomic E-state index is 12.6. The molecule has 1 aliphatic rings. The van der Waals surface area contributed by atoms with Gasteiger partial charge < -0.3 is 10.2 Å². The average Bonchev–Trinajstić information content (AvgIpc) is 2.44. The van der Waals surface area contributed by atoms with Crippen molar-refractivity contribution in [1.29, 1.82) is 0 Å². The van der Waals surface area contributed by atoms with Crippen LogP contribution in [0.3, 0.4) is 0 Å². The van der Waals surface area contributed by atoms with E-state index in [0.717, 1.165) is 10.2 Å². The van der Waals surface area contributed by atoms with Crippen LogP contribution in [0.5, 0.6) is 0 Å². The van der Waals surface area contributed by atoms with E-state index in [4.69, 9.17) is 0 Å². The van der Waals surface area contributed by atoms with Crippen molar-refractivity contribution in [2.75, 3.05) is 0 Å². The molecule has 1 aromatic heterocycles. The third kappa shape index (κ3) is 3.43. The summed E-state index contributed by atoms with van der Waals surface area (Å²) in [5, 5.41) is 2.81. The first-order valence-electron chi connectivity index (χ1n) is 7.15. The largest absolute Gasteiger partial charge is 0.343 e. The number of halogens is 1. The number of carbonyl (C=O) groups is 2. The van der Waals surface area contributed by atoms with E-state index in [9.17, 15) is 9.59 Å². The second-order valence-corrected chi connectivity index (χ2v) is 6.51. The molecule has 2 amide bonds. The number of nitrogens with one attached hydrogen (secondary N) is 1. The quantitative estimate of drug-likeness (QED) is 0.901. The number of piperazine rings is 1. The second kappa shape index (κ2) is 6.56. The molecular formula is C15H20BrN3O2. The maximum absolute atomic E-state index is 12.6. The first-order valence-corrected chi connectivity index (χ1v) is 7.94. The van der Waals surface area contributed by atoms with Crippen LogP contribution >= 0.6 is 15.9 Å². The number of nitrogens with zero attached hydrogens (tertiary/aromatic N) is 2. The van der Waals surface area contributed by atoms with Crippen LogP contribution in [0.25, 0.3) is 0 Å². The summed E-state index contributed by atoms with van der Waals surface area (Å²) in [4.78, 5) is 30.8. The summed E-state index contributed by atoms with van der Waals surface area (Å²) in [6.07, 6.45) is 2.30. The fourth-order valence-corrected chi connectivity index (χ4v) is 2.82. The molecule has 1 aliphatic heterocycles. The molecule has 6 heteroatoms. The standard InChI is InChI=1S/C15H20BrN3O2/c1-4-12-15(21)19(13(9(2)3)14(20)18-12)8-11-6-5-10(16)7-17-11/h5-7,9,12-13H,4,8H2,1-3H3,(H,18,20). The fraction of sp³-hybridized carbons (Fsp3) is 0.533. The zero-order valence-corrected chi connectivity index (χ0v) is 14.1. The highest BCUT2D eigenvalue weighted by Crippen LogP contribution is 2.21. The van der Waals surface area contributed by atoms with Gasteiger partial charge >= 0.3 is 0 Å². The number of rotatable bonds is 4. The van der Waals surface area contributed by atoms with Crippen molar-refractivity contribution in [2.24, 2.45) is 5.92 Å². The van der Waals surface area contributed by atoms with Crippen LogP contribution in [0.4, 0.5) is 0 Å². The number of aromatic nitrogens is 1. The molecule has 2 unspecified atom stereocenters. The van der Waals surface area contributed by atoms with E-state index in [2.05, 4.69) is 26.2 Å². The summed E-state index contributed by atoms with van der Waals surface area (Å²) in [6, 6.07) is 2.88. The van der Waals surface area contributed by atoms with Crippen molar-refractivity contribution in [1.82, 2.24) is 15.2 Å². The Morgan fingerprint density at radius 1 is 1.38 bits per heavy atom. The zero-order chi connectivity index (χ0) is 15.6. The van der Waals surface area contributed by atoms with Crippen LogP contribution < -0.4 is 5.32 Å². The molecule has 0 bridgehead atoms. The Labute approximate surface area is 133 Å². The molecule has 1 fully saturated rings. The van der Waals surface area contributed by atoms with Gasteiger partial charge in [0.15, 0.2) is 0 Å². The van der Waals surface area contributed by atoms with Gasteiger partial charge in [0, 0.05) is 10.7 Å². The first-order chi connectivity index (χ1) is 9.93. The van der Waals surface area contributed by atoms with Gasteiger partial charge in [-0.1, -0.05) is 20.8 Å². The van der Waals surface area contributed by atoms with Crippen LogP contribution in [0, 0.1) is 5.92 Å². The summed E-state index contributed by atoms with van der Waals surface area (Å²) < 4.78 is 0.890. The number of pyridine rings is 1. The lowest BCUT2D eigenvalue weighted by atomic mass is 9.96. The van der Waals surface area contributed by atoms with Crippen molar-refractivity contribution in [2.45, 2.75) is 45.8 Å². The topological polar surface area (TPSA) is 62.3 Å². The van der Waals surface area contributed by atoms with Crippen LogP contribution in [0.2, 0.25) is 0 Å². The summed E-state index contributed by atoms with van der Waals surface area (Å²) in [6.45, 7) is 6.16. The van der Waals surface area contributed by atoms with Gasteiger partial charge in [-0.2, -0.15) is 0 Å². The third-order valence-electron chi connectivity index (χ3n) is 3.66. The lowest BCUT2D eigenvalue weighted by Crippen LogP contribution is -2.64. The van der Waals surface area contributed by atoms with E-state index in [1.54, 1.807) is 11.1 Å². The highest BCUT2D eigenvalue weighted by Gasteiger charge is 2.41. The number of amides is 2. The summed E-state index contributed by atoms with van der Waals surface area (Å²) in [5.41, 5.74) is 0.779. The van der Waals surface area contributed by atoms with Gasteiger partial charge in [0.05, 0.1) is 12.2 Å². The molecule has 1 aromatic rings. The lowest BCUT2D eigenvalue weighted by Gasteiger charge is -2.40. The van der Waals surface area contributed by atoms with E-state index in [-0.39, 0.29) is 17.7 Å². The van der Waals surface area contributed by atoms with Crippen molar-refractivity contribution < 1.29 is 9.59 Å². The minimum absolute atomic E-state index is 0.0273. The van der Waals surface area contributed by atoms with Crippen molar-refractivity contribution in [3.05, 3.63) is 28.5 Å². The molecule has 114 valence electrons. The summed E-state index contributed by atoms with van der Waals surface area (Å²) in [5.74, 6) is -0.0451. The molecule has 21 heavy (non-hydrogen) atoms. The Hall–Kier alpha value is -1.43. The Morgan fingerprint density at radius 2 is 2.10 bits per heavy atom. The van der Waals surface area contributed by atoms with E-state index in [0.29, 0.717) is 13.0 Å². The molecule has 2 heterocycles. The number of hydrogen-bond donors (Lipinski definition) is 1. The molecular weight excluding hydrogens is 334 g/mol. The predicted octanol–water partition coefficient (Wildman–Crippen LogP) is 2.11. The molecule has 2 atom stereocenters. The normalized spacial score (nSPS) is 22.6. The monoisotopic (exact) mass is 353 g/mol. The third-order valence-corrected chi connectivity index (χ3v) is 4.13. The van der Waals surface area contributed by atoms with Crippen LogP contribution in [0.15, 0.2) is 22.8 Å². The number of hydrogen-bond acceptors (Lipinski definition) is 3. The van der Waals surface area contributed by atoms with E-state index in [1.807, 2.05) is 32.9 Å². The van der Waals surface area contributed by atoms with Gasteiger partial charge in [-0.25, -0.2) is 0 Å². The minimum Gasteiger partial charge on any atom is -0.343 e. The SMILES string of the molecule is CCC1NC(=O)C(C(C)C)N(Cc2ccc(Br)cn2)C1=O. The van der Waals surface area contributed by atoms with E-state index >= 15 is 0 Å². The zero-order valence-electron chi connectivity index (χ0n) is 12.5.